The Morgan fingerprint density at radius 3 is 2.68 bits per heavy atom. The first-order chi connectivity index (χ1) is 10.3. The first-order valence-corrected chi connectivity index (χ1v) is 7.76. The van der Waals surface area contributed by atoms with E-state index in [9.17, 15) is 9.90 Å². The first kappa shape index (κ1) is 16.5. The standard InChI is InChI=1S/C17H25N3O2/c1-5-6-11-19(4)15(21)12-20-14-10-8-7-9-13(14)18-16(20)17(2,3)22/h7-10,22H,5-6,11-12H2,1-4H3. The SMILES string of the molecule is CCCCN(C)C(=O)Cn1c(C(C)(C)O)nc2ccccc21. The normalized spacial score (nSPS) is 11.9. The number of para-hydroxylation sites is 2. The van der Waals surface area contributed by atoms with Crippen LogP contribution in [0.5, 0.6) is 0 Å². The number of amides is 1. The molecule has 2 rings (SSSR count). The summed E-state index contributed by atoms with van der Waals surface area (Å²) in [5, 5.41) is 10.4. The van der Waals surface area contributed by atoms with E-state index in [2.05, 4.69) is 11.9 Å². The van der Waals surface area contributed by atoms with Crippen LogP contribution in [0.3, 0.4) is 0 Å². The summed E-state index contributed by atoms with van der Waals surface area (Å²) in [6.45, 7) is 6.43. The monoisotopic (exact) mass is 303 g/mol. The van der Waals surface area contributed by atoms with Crippen LogP contribution < -0.4 is 0 Å². The van der Waals surface area contributed by atoms with Crippen molar-refractivity contribution in [3.8, 4) is 0 Å². The van der Waals surface area contributed by atoms with Gasteiger partial charge in [-0.15, -0.1) is 0 Å². The molecule has 0 unspecified atom stereocenters. The third-order valence-electron chi connectivity index (χ3n) is 3.77. The number of rotatable bonds is 6. The van der Waals surface area contributed by atoms with Crippen LogP contribution in [0.15, 0.2) is 24.3 Å². The molecule has 0 aliphatic carbocycles. The second kappa shape index (κ2) is 6.48. The van der Waals surface area contributed by atoms with E-state index < -0.39 is 5.60 Å². The number of carbonyl (C=O) groups excluding carboxylic acids is 1. The van der Waals surface area contributed by atoms with E-state index in [1.54, 1.807) is 18.7 Å². The summed E-state index contributed by atoms with van der Waals surface area (Å²) in [6.07, 6.45) is 2.05. The van der Waals surface area contributed by atoms with Gasteiger partial charge in [-0.1, -0.05) is 25.5 Å². The van der Waals surface area contributed by atoms with Crippen molar-refractivity contribution in [2.24, 2.45) is 0 Å². The van der Waals surface area contributed by atoms with Gasteiger partial charge in [-0.25, -0.2) is 4.98 Å². The smallest absolute Gasteiger partial charge is 0.242 e. The highest BCUT2D eigenvalue weighted by atomic mass is 16.3. The van der Waals surface area contributed by atoms with E-state index in [0.717, 1.165) is 30.4 Å². The summed E-state index contributed by atoms with van der Waals surface area (Å²) in [7, 11) is 1.82. The molecule has 0 saturated heterocycles. The molecular formula is C17H25N3O2. The van der Waals surface area contributed by atoms with Crippen LogP contribution in [0, 0.1) is 0 Å². The molecule has 1 heterocycles. The van der Waals surface area contributed by atoms with E-state index >= 15 is 0 Å². The van der Waals surface area contributed by atoms with Crippen molar-refractivity contribution in [2.45, 2.75) is 45.8 Å². The van der Waals surface area contributed by atoms with Gasteiger partial charge in [0.1, 0.15) is 18.0 Å². The minimum absolute atomic E-state index is 0.0297. The van der Waals surface area contributed by atoms with Crippen molar-refractivity contribution in [1.29, 1.82) is 0 Å². The van der Waals surface area contributed by atoms with Gasteiger partial charge in [0.25, 0.3) is 0 Å². The molecule has 1 aromatic carbocycles. The number of fused-ring (bicyclic) bond motifs is 1. The summed E-state index contributed by atoms with van der Waals surface area (Å²) in [4.78, 5) is 18.7. The molecule has 0 aliphatic rings. The number of benzene rings is 1. The van der Waals surface area contributed by atoms with E-state index in [1.807, 2.05) is 35.9 Å². The maximum atomic E-state index is 12.4. The average Bonchev–Trinajstić information content (AvgIpc) is 2.83. The Bertz CT molecular complexity index is 655. The minimum Gasteiger partial charge on any atom is -0.383 e. The Morgan fingerprint density at radius 2 is 2.05 bits per heavy atom. The molecular weight excluding hydrogens is 278 g/mol. The fourth-order valence-corrected chi connectivity index (χ4v) is 2.48. The molecule has 2 aromatic rings. The van der Waals surface area contributed by atoms with E-state index in [-0.39, 0.29) is 12.5 Å². The highest BCUT2D eigenvalue weighted by molar-refractivity contribution is 5.81. The van der Waals surface area contributed by atoms with Gasteiger partial charge in [0.05, 0.1) is 11.0 Å². The largest absolute Gasteiger partial charge is 0.383 e. The zero-order chi connectivity index (χ0) is 16.3. The van der Waals surface area contributed by atoms with Crippen molar-refractivity contribution >= 4 is 16.9 Å². The first-order valence-electron chi connectivity index (χ1n) is 7.76. The van der Waals surface area contributed by atoms with Gasteiger partial charge in [-0.2, -0.15) is 0 Å². The zero-order valence-electron chi connectivity index (χ0n) is 13.8. The number of aliphatic hydroxyl groups is 1. The molecule has 120 valence electrons. The number of unbranched alkanes of at least 4 members (excludes halogenated alkanes) is 1. The molecule has 0 aliphatic heterocycles. The lowest BCUT2D eigenvalue weighted by atomic mass is 10.1. The van der Waals surface area contributed by atoms with Crippen LogP contribution in [-0.4, -0.2) is 39.1 Å². The maximum Gasteiger partial charge on any atom is 0.242 e. The van der Waals surface area contributed by atoms with Crippen LogP contribution in [-0.2, 0) is 16.9 Å². The van der Waals surface area contributed by atoms with E-state index in [4.69, 9.17) is 0 Å². The van der Waals surface area contributed by atoms with Crippen LogP contribution in [0.1, 0.15) is 39.4 Å². The number of likely N-dealkylation sites (N-methyl/N-ethyl adjacent to an activating group) is 1. The predicted molar refractivity (Wildman–Crippen MR) is 87.5 cm³/mol. The number of hydrogen-bond donors (Lipinski definition) is 1. The van der Waals surface area contributed by atoms with Crippen molar-refractivity contribution in [2.75, 3.05) is 13.6 Å². The number of imidazole rings is 1. The van der Waals surface area contributed by atoms with Gasteiger partial charge < -0.3 is 14.6 Å². The van der Waals surface area contributed by atoms with Crippen LogP contribution >= 0.6 is 0 Å². The Morgan fingerprint density at radius 1 is 1.36 bits per heavy atom. The molecule has 22 heavy (non-hydrogen) atoms. The molecule has 0 radical (unpaired) electrons. The Kier molecular flexibility index (Phi) is 4.86. The molecule has 1 N–H and O–H groups in total. The maximum absolute atomic E-state index is 12.4. The summed E-state index contributed by atoms with van der Waals surface area (Å²) in [5.74, 6) is 0.549. The lowest BCUT2D eigenvalue weighted by Gasteiger charge is -2.21. The number of nitrogens with zero attached hydrogens (tertiary/aromatic N) is 3. The van der Waals surface area contributed by atoms with Crippen molar-refractivity contribution in [1.82, 2.24) is 14.5 Å². The van der Waals surface area contributed by atoms with Gasteiger partial charge in [0.15, 0.2) is 0 Å². The highest BCUT2D eigenvalue weighted by Gasteiger charge is 2.26. The van der Waals surface area contributed by atoms with Gasteiger partial charge in [-0.05, 0) is 32.4 Å². The van der Waals surface area contributed by atoms with E-state index in [0.29, 0.717) is 5.82 Å². The quantitative estimate of drug-likeness (QED) is 0.892. The van der Waals surface area contributed by atoms with Crippen LogP contribution in [0.2, 0.25) is 0 Å². The Labute approximate surface area is 131 Å². The third kappa shape index (κ3) is 3.47. The van der Waals surface area contributed by atoms with Crippen molar-refractivity contribution in [3.05, 3.63) is 30.1 Å². The van der Waals surface area contributed by atoms with Gasteiger partial charge in [0, 0.05) is 13.6 Å². The van der Waals surface area contributed by atoms with Crippen molar-refractivity contribution < 1.29 is 9.90 Å². The lowest BCUT2D eigenvalue weighted by Crippen LogP contribution is -2.33. The third-order valence-corrected chi connectivity index (χ3v) is 3.77. The minimum atomic E-state index is -1.10. The Hall–Kier alpha value is -1.88. The fraction of sp³-hybridized carbons (Fsp3) is 0.529. The molecule has 0 spiro atoms. The van der Waals surface area contributed by atoms with Gasteiger partial charge >= 0.3 is 0 Å². The van der Waals surface area contributed by atoms with Gasteiger partial charge in [-0.3, -0.25) is 4.79 Å². The number of carbonyl (C=O) groups is 1. The van der Waals surface area contributed by atoms with Crippen molar-refractivity contribution in [3.63, 3.8) is 0 Å². The van der Waals surface area contributed by atoms with Crippen LogP contribution in [0.25, 0.3) is 11.0 Å². The molecule has 0 fully saturated rings. The fourth-order valence-electron chi connectivity index (χ4n) is 2.48. The zero-order valence-corrected chi connectivity index (χ0v) is 13.8. The number of hydrogen-bond acceptors (Lipinski definition) is 3. The summed E-state index contributed by atoms with van der Waals surface area (Å²) in [5.41, 5.74) is 0.571. The molecule has 1 aromatic heterocycles. The Balaban J connectivity index is 2.35. The summed E-state index contributed by atoms with van der Waals surface area (Å²) in [6, 6.07) is 7.65. The van der Waals surface area contributed by atoms with E-state index in [1.165, 1.54) is 0 Å². The number of aromatic nitrogens is 2. The second-order valence-electron chi connectivity index (χ2n) is 6.24. The highest BCUT2D eigenvalue weighted by Crippen LogP contribution is 2.24. The molecule has 0 atom stereocenters. The second-order valence-corrected chi connectivity index (χ2v) is 6.24. The summed E-state index contributed by atoms with van der Waals surface area (Å²) < 4.78 is 1.82. The molecule has 5 heteroatoms. The van der Waals surface area contributed by atoms with Gasteiger partial charge in [0.2, 0.25) is 5.91 Å². The topological polar surface area (TPSA) is 58.4 Å². The molecule has 5 nitrogen and oxygen atoms in total. The average molecular weight is 303 g/mol. The predicted octanol–water partition coefficient (Wildman–Crippen LogP) is 2.52. The van der Waals surface area contributed by atoms with Crippen LogP contribution in [0.4, 0.5) is 0 Å². The molecule has 1 amide bonds. The lowest BCUT2D eigenvalue weighted by molar-refractivity contribution is -0.130. The molecule has 0 bridgehead atoms. The molecule has 0 saturated carbocycles. The summed E-state index contributed by atoms with van der Waals surface area (Å²) >= 11 is 0.